The van der Waals surface area contributed by atoms with Crippen molar-refractivity contribution in [2.24, 2.45) is 0 Å². The Morgan fingerprint density at radius 1 is 1.24 bits per heavy atom. The molecule has 2 rings (SSSR count). The molecule has 0 fully saturated rings. The van der Waals surface area contributed by atoms with E-state index in [-0.39, 0.29) is 11.9 Å². The van der Waals surface area contributed by atoms with E-state index in [1.807, 2.05) is 63.5 Å². The van der Waals surface area contributed by atoms with Gasteiger partial charge in [0.2, 0.25) is 0 Å². The van der Waals surface area contributed by atoms with Crippen molar-refractivity contribution in [3.8, 4) is 0 Å². The summed E-state index contributed by atoms with van der Waals surface area (Å²) >= 11 is 0. The molecule has 0 unspecified atom stereocenters. The minimum atomic E-state index is -0.674. The summed E-state index contributed by atoms with van der Waals surface area (Å²) in [5.41, 5.74) is 2.17. The number of amides is 1. The van der Waals surface area contributed by atoms with Crippen LogP contribution in [0.1, 0.15) is 61.1 Å². The summed E-state index contributed by atoms with van der Waals surface area (Å²) in [6.45, 7) is 5.69. The lowest BCUT2D eigenvalue weighted by Crippen LogP contribution is -2.31. The fourth-order valence-electron chi connectivity index (χ4n) is 2.92. The number of aliphatic hydroxyl groups is 1. The summed E-state index contributed by atoms with van der Waals surface area (Å²) in [5.74, 6) is 0.00439. The van der Waals surface area contributed by atoms with E-state index in [9.17, 15) is 9.90 Å². The van der Waals surface area contributed by atoms with Gasteiger partial charge >= 0.3 is 0 Å². The lowest BCUT2D eigenvalue weighted by molar-refractivity contribution is 0.0708. The smallest absolute Gasteiger partial charge is 0.254 e. The molecule has 0 saturated carbocycles. The fourth-order valence-corrected chi connectivity index (χ4v) is 2.92. The van der Waals surface area contributed by atoms with Gasteiger partial charge in [0.1, 0.15) is 0 Å². The second-order valence-corrected chi connectivity index (χ2v) is 7.14. The summed E-state index contributed by atoms with van der Waals surface area (Å²) in [6.07, 6.45) is 5.87. The molecule has 0 radical (unpaired) electrons. The maximum Gasteiger partial charge on any atom is 0.254 e. The maximum absolute atomic E-state index is 12.8. The first kappa shape index (κ1) is 19.1. The van der Waals surface area contributed by atoms with Crippen LogP contribution in [0.25, 0.3) is 0 Å². The van der Waals surface area contributed by atoms with Gasteiger partial charge in [0.05, 0.1) is 11.6 Å². The Morgan fingerprint density at radius 3 is 2.44 bits per heavy atom. The van der Waals surface area contributed by atoms with Gasteiger partial charge in [-0.05, 0) is 62.4 Å². The number of nitrogens with zero attached hydrogens (tertiary/aromatic N) is 2. The predicted molar refractivity (Wildman–Crippen MR) is 100 cm³/mol. The Morgan fingerprint density at radius 2 is 1.92 bits per heavy atom. The van der Waals surface area contributed by atoms with Gasteiger partial charge < -0.3 is 10.0 Å². The summed E-state index contributed by atoms with van der Waals surface area (Å²) in [6, 6.07) is 11.6. The molecule has 25 heavy (non-hydrogen) atoms. The van der Waals surface area contributed by atoms with Crippen LogP contribution in [0.15, 0.2) is 48.8 Å². The molecule has 1 heterocycles. The highest BCUT2D eigenvalue weighted by atomic mass is 16.3. The molecule has 1 amide bonds. The molecule has 0 aliphatic carbocycles. The minimum Gasteiger partial charge on any atom is -0.390 e. The Hall–Kier alpha value is -2.20. The second kappa shape index (κ2) is 8.26. The largest absolute Gasteiger partial charge is 0.390 e. The van der Waals surface area contributed by atoms with Crippen molar-refractivity contribution in [2.45, 2.75) is 51.7 Å². The zero-order valence-corrected chi connectivity index (χ0v) is 15.6. The van der Waals surface area contributed by atoms with E-state index in [2.05, 4.69) is 11.9 Å². The highest BCUT2D eigenvalue weighted by Crippen LogP contribution is 2.24. The molecule has 0 spiro atoms. The van der Waals surface area contributed by atoms with E-state index in [1.54, 1.807) is 11.1 Å². The van der Waals surface area contributed by atoms with Crippen molar-refractivity contribution < 1.29 is 9.90 Å². The SMILES string of the molecule is CC[C@H](c1cccnc1)N(C)C(=O)c1ccc(CCC(C)(C)O)cc1. The van der Waals surface area contributed by atoms with Crippen LogP contribution in [0, 0.1) is 0 Å². The molecule has 4 heteroatoms. The van der Waals surface area contributed by atoms with Crippen LogP contribution in [0.3, 0.4) is 0 Å². The van der Waals surface area contributed by atoms with Gasteiger partial charge in [0.25, 0.3) is 5.91 Å². The number of rotatable bonds is 7. The Bertz CT molecular complexity index is 675. The van der Waals surface area contributed by atoms with Crippen molar-refractivity contribution in [3.05, 3.63) is 65.5 Å². The second-order valence-electron chi connectivity index (χ2n) is 7.14. The van der Waals surface area contributed by atoms with Gasteiger partial charge in [-0.3, -0.25) is 9.78 Å². The third kappa shape index (κ3) is 5.40. The maximum atomic E-state index is 12.8. The minimum absolute atomic E-state index is 0.00439. The van der Waals surface area contributed by atoms with E-state index in [1.165, 1.54) is 0 Å². The molecule has 0 saturated heterocycles. The predicted octanol–water partition coefficient (Wildman–Crippen LogP) is 4.01. The number of aryl methyl sites for hydroxylation is 1. The summed E-state index contributed by atoms with van der Waals surface area (Å²) in [7, 11) is 1.84. The molecule has 0 aliphatic rings. The summed E-state index contributed by atoms with van der Waals surface area (Å²) in [5, 5.41) is 9.83. The third-order valence-corrected chi connectivity index (χ3v) is 4.47. The van der Waals surface area contributed by atoms with Crippen LogP contribution in [-0.4, -0.2) is 33.5 Å². The van der Waals surface area contributed by atoms with Crippen molar-refractivity contribution in [2.75, 3.05) is 7.05 Å². The van der Waals surface area contributed by atoms with Crippen LogP contribution in [0.4, 0.5) is 0 Å². The Labute approximate surface area is 150 Å². The summed E-state index contributed by atoms with van der Waals surface area (Å²) in [4.78, 5) is 18.8. The van der Waals surface area contributed by atoms with E-state index in [4.69, 9.17) is 0 Å². The number of hydrogen-bond acceptors (Lipinski definition) is 3. The van der Waals surface area contributed by atoms with Crippen LogP contribution >= 0.6 is 0 Å². The number of hydrogen-bond donors (Lipinski definition) is 1. The van der Waals surface area contributed by atoms with E-state index in [0.29, 0.717) is 12.0 Å². The molecule has 0 bridgehead atoms. The van der Waals surface area contributed by atoms with Crippen molar-refractivity contribution in [3.63, 3.8) is 0 Å². The van der Waals surface area contributed by atoms with E-state index >= 15 is 0 Å². The number of aromatic nitrogens is 1. The first-order valence-corrected chi connectivity index (χ1v) is 8.80. The summed E-state index contributed by atoms with van der Waals surface area (Å²) < 4.78 is 0. The van der Waals surface area contributed by atoms with E-state index in [0.717, 1.165) is 24.0 Å². The van der Waals surface area contributed by atoms with Crippen LogP contribution < -0.4 is 0 Å². The van der Waals surface area contributed by atoms with Crippen LogP contribution in [-0.2, 0) is 6.42 Å². The van der Waals surface area contributed by atoms with Crippen molar-refractivity contribution in [1.82, 2.24) is 9.88 Å². The monoisotopic (exact) mass is 340 g/mol. The van der Waals surface area contributed by atoms with Gasteiger partial charge in [0.15, 0.2) is 0 Å². The van der Waals surface area contributed by atoms with Gasteiger partial charge in [-0.15, -0.1) is 0 Å². The first-order valence-electron chi connectivity index (χ1n) is 8.80. The first-order chi connectivity index (χ1) is 11.8. The lowest BCUT2D eigenvalue weighted by Gasteiger charge is -2.27. The molecule has 1 aromatic carbocycles. The lowest BCUT2D eigenvalue weighted by atomic mass is 9.98. The number of carbonyl (C=O) groups excluding carboxylic acids is 1. The highest BCUT2D eigenvalue weighted by Gasteiger charge is 2.21. The zero-order chi connectivity index (χ0) is 18.4. The van der Waals surface area contributed by atoms with Gasteiger partial charge in [-0.1, -0.05) is 25.1 Å². The van der Waals surface area contributed by atoms with E-state index < -0.39 is 5.60 Å². The Kier molecular flexibility index (Phi) is 6.32. The fraction of sp³-hybridized carbons (Fsp3) is 0.429. The quantitative estimate of drug-likeness (QED) is 0.828. The number of benzene rings is 1. The van der Waals surface area contributed by atoms with Gasteiger partial charge in [0, 0.05) is 25.0 Å². The van der Waals surface area contributed by atoms with Gasteiger partial charge in [-0.2, -0.15) is 0 Å². The van der Waals surface area contributed by atoms with Crippen LogP contribution in [0.5, 0.6) is 0 Å². The molecule has 4 nitrogen and oxygen atoms in total. The van der Waals surface area contributed by atoms with Crippen LogP contribution in [0.2, 0.25) is 0 Å². The number of carbonyl (C=O) groups is 1. The number of pyridine rings is 1. The normalized spacial score (nSPS) is 12.7. The average molecular weight is 340 g/mol. The molecule has 0 aliphatic heterocycles. The topological polar surface area (TPSA) is 53.4 Å². The average Bonchev–Trinajstić information content (AvgIpc) is 2.60. The molecule has 1 N–H and O–H groups in total. The van der Waals surface area contributed by atoms with Crippen molar-refractivity contribution in [1.29, 1.82) is 0 Å². The molecular weight excluding hydrogens is 312 g/mol. The van der Waals surface area contributed by atoms with Gasteiger partial charge in [-0.25, -0.2) is 0 Å². The van der Waals surface area contributed by atoms with Crippen molar-refractivity contribution >= 4 is 5.91 Å². The molecule has 1 atom stereocenters. The molecule has 1 aromatic heterocycles. The molecule has 2 aromatic rings. The molecular formula is C21H28N2O2. The standard InChI is InChI=1S/C21H28N2O2/c1-5-19(18-7-6-14-22-15-18)23(4)20(24)17-10-8-16(9-11-17)12-13-21(2,3)25/h6-11,14-15,19,25H,5,12-13H2,1-4H3/t19-/m1/s1. The zero-order valence-electron chi connectivity index (χ0n) is 15.6. The Balaban J connectivity index is 2.08. The third-order valence-electron chi connectivity index (χ3n) is 4.47. The highest BCUT2D eigenvalue weighted by molar-refractivity contribution is 5.94. The molecule has 134 valence electrons.